The van der Waals surface area contributed by atoms with Gasteiger partial charge in [0.15, 0.2) is 5.82 Å². The van der Waals surface area contributed by atoms with E-state index in [1.165, 1.54) is 0 Å². The topological polar surface area (TPSA) is 103 Å². The van der Waals surface area contributed by atoms with E-state index in [0.717, 1.165) is 63.9 Å². The summed E-state index contributed by atoms with van der Waals surface area (Å²) in [4.78, 5) is 29.2. The van der Waals surface area contributed by atoms with Crippen molar-refractivity contribution >= 4 is 23.4 Å². The summed E-state index contributed by atoms with van der Waals surface area (Å²) in [6.45, 7) is 9.34. The highest BCUT2D eigenvalue weighted by Crippen LogP contribution is 2.23. The van der Waals surface area contributed by atoms with Crippen molar-refractivity contribution in [3.8, 4) is 0 Å². The molecule has 1 saturated carbocycles. The first-order valence-corrected chi connectivity index (χ1v) is 11.9. The third-order valence-electron chi connectivity index (χ3n) is 6.22. The van der Waals surface area contributed by atoms with Crippen molar-refractivity contribution in [2.75, 3.05) is 25.0 Å². The number of carbonyl (C=O) groups excluding carboxylic acids is 1. The molecular formula is C23H38N6O2. The Kier molecular flexibility index (Phi) is 8.78. The average Bonchev–Trinajstić information content (AvgIpc) is 2.76. The Morgan fingerprint density at radius 2 is 1.97 bits per heavy atom. The standard InChI is InChI=1S/C23H38N6O2/c1-4-5-12-24-23-25-15-20(21(28-23)26-17-6-8-19(30)9-7-17)22(31)27-18-10-13-29(14-11-18)16(2)3/h15-16,18-19,30H,4-14H2,1-3H3,(H,27,31)(H,24,25,28). The molecular weight excluding hydrogens is 392 g/mol. The summed E-state index contributed by atoms with van der Waals surface area (Å²) in [7, 11) is 0. The van der Waals surface area contributed by atoms with Gasteiger partial charge in [0.2, 0.25) is 5.95 Å². The number of aliphatic imine (C=N–C) groups is 1. The molecule has 8 nitrogen and oxygen atoms in total. The number of rotatable bonds is 8. The summed E-state index contributed by atoms with van der Waals surface area (Å²) in [5, 5.41) is 16.2. The third kappa shape index (κ3) is 6.97. The molecule has 172 valence electrons. The summed E-state index contributed by atoms with van der Waals surface area (Å²) in [6.07, 6.45) is 8.24. The van der Waals surface area contributed by atoms with Gasteiger partial charge in [0, 0.05) is 43.6 Å². The summed E-state index contributed by atoms with van der Waals surface area (Å²) in [6, 6.07) is 0.699. The normalized spacial score (nSPS) is 20.7. The van der Waals surface area contributed by atoms with E-state index in [0.29, 0.717) is 36.2 Å². The van der Waals surface area contributed by atoms with Crippen molar-refractivity contribution in [3.05, 3.63) is 11.8 Å². The minimum Gasteiger partial charge on any atom is -0.393 e. The van der Waals surface area contributed by atoms with Crippen LogP contribution in [0, 0.1) is 0 Å². The third-order valence-corrected chi connectivity index (χ3v) is 6.22. The van der Waals surface area contributed by atoms with Crippen LogP contribution in [-0.4, -0.2) is 69.4 Å². The smallest absolute Gasteiger partial charge is 0.256 e. The fraction of sp³-hybridized carbons (Fsp3) is 0.739. The first-order chi connectivity index (χ1) is 15.0. The summed E-state index contributed by atoms with van der Waals surface area (Å²) in [5.41, 5.74) is 1.41. The second kappa shape index (κ2) is 11.5. The number of nitrogens with zero attached hydrogens (tertiary/aromatic N) is 4. The maximum Gasteiger partial charge on any atom is 0.256 e. The summed E-state index contributed by atoms with van der Waals surface area (Å²) < 4.78 is 0. The fourth-order valence-electron chi connectivity index (χ4n) is 4.10. The minimum absolute atomic E-state index is 0.154. The quantitative estimate of drug-likeness (QED) is 0.547. The number of amides is 1. The first-order valence-electron chi connectivity index (χ1n) is 11.9. The number of hydrogen-bond acceptors (Lipinski definition) is 7. The Morgan fingerprint density at radius 1 is 1.26 bits per heavy atom. The molecule has 3 N–H and O–H groups in total. The summed E-state index contributed by atoms with van der Waals surface area (Å²) in [5.74, 6) is 0.779. The van der Waals surface area contributed by atoms with Crippen LogP contribution in [0.15, 0.2) is 11.2 Å². The summed E-state index contributed by atoms with van der Waals surface area (Å²) >= 11 is 0. The lowest BCUT2D eigenvalue weighted by Gasteiger charge is -2.34. The van der Waals surface area contributed by atoms with Crippen molar-refractivity contribution in [3.63, 3.8) is 0 Å². The van der Waals surface area contributed by atoms with Gasteiger partial charge in [0.05, 0.1) is 6.10 Å². The van der Waals surface area contributed by atoms with Gasteiger partial charge in [0.25, 0.3) is 5.91 Å². The molecule has 2 heterocycles. The highest BCUT2D eigenvalue weighted by Gasteiger charge is 2.24. The van der Waals surface area contributed by atoms with Crippen LogP contribution in [0.1, 0.15) is 82.5 Å². The Hall–Kier alpha value is -2.06. The van der Waals surface area contributed by atoms with Crippen LogP contribution >= 0.6 is 0 Å². The molecule has 0 atom stereocenters. The zero-order chi connectivity index (χ0) is 22.2. The van der Waals surface area contributed by atoms with Crippen LogP contribution in [0.3, 0.4) is 0 Å². The molecule has 0 radical (unpaired) electrons. The fourth-order valence-corrected chi connectivity index (χ4v) is 4.10. The Balaban J connectivity index is 1.73. The number of aliphatic hydroxyl groups is 1. The number of unbranched alkanes of at least 4 members (excludes halogenated alkanes) is 1. The van der Waals surface area contributed by atoms with Gasteiger partial charge in [-0.25, -0.2) is 9.98 Å². The second-order valence-electron chi connectivity index (χ2n) is 9.00. The molecule has 31 heavy (non-hydrogen) atoms. The van der Waals surface area contributed by atoms with Crippen LogP contribution in [0.4, 0.5) is 11.8 Å². The highest BCUT2D eigenvalue weighted by molar-refractivity contribution is 5.99. The molecule has 1 saturated heterocycles. The number of likely N-dealkylation sites (tertiary alicyclic amines) is 1. The zero-order valence-corrected chi connectivity index (χ0v) is 19.2. The van der Waals surface area contributed by atoms with Crippen molar-refractivity contribution in [2.45, 2.75) is 90.3 Å². The van der Waals surface area contributed by atoms with Gasteiger partial charge in [-0.3, -0.25) is 4.79 Å². The van der Waals surface area contributed by atoms with Crippen molar-refractivity contribution in [1.29, 1.82) is 0 Å². The molecule has 1 aromatic rings. The van der Waals surface area contributed by atoms with Crippen LogP contribution < -0.4 is 10.6 Å². The van der Waals surface area contributed by atoms with E-state index in [4.69, 9.17) is 4.99 Å². The SMILES string of the molecule is CCCCNc1ncc(C(=O)NC2CCN(C(C)C)CC2)c(N=C2CCC(O)CC2)n1. The molecule has 1 aliphatic carbocycles. The molecule has 0 spiro atoms. The first kappa shape index (κ1) is 23.6. The maximum absolute atomic E-state index is 13.1. The van der Waals surface area contributed by atoms with Crippen molar-refractivity contribution < 1.29 is 9.90 Å². The number of carbonyl (C=O) groups is 1. The monoisotopic (exact) mass is 430 g/mol. The Labute approximate surface area is 186 Å². The molecule has 0 bridgehead atoms. The van der Waals surface area contributed by atoms with Gasteiger partial charge in [-0.05, 0) is 58.8 Å². The van der Waals surface area contributed by atoms with E-state index >= 15 is 0 Å². The molecule has 0 aromatic carbocycles. The lowest BCUT2D eigenvalue weighted by molar-refractivity contribution is 0.0900. The van der Waals surface area contributed by atoms with Crippen molar-refractivity contribution in [1.82, 2.24) is 20.2 Å². The molecule has 8 heteroatoms. The minimum atomic E-state index is -0.255. The second-order valence-corrected chi connectivity index (χ2v) is 9.00. The molecule has 1 amide bonds. The number of hydrogen-bond donors (Lipinski definition) is 3. The average molecular weight is 431 g/mol. The van der Waals surface area contributed by atoms with Crippen molar-refractivity contribution in [2.24, 2.45) is 4.99 Å². The molecule has 1 aromatic heterocycles. The molecule has 3 rings (SSSR count). The Bertz CT molecular complexity index is 748. The van der Waals surface area contributed by atoms with Crippen LogP contribution in [0.25, 0.3) is 0 Å². The van der Waals surface area contributed by atoms with E-state index in [1.54, 1.807) is 6.20 Å². The molecule has 2 aliphatic rings. The van der Waals surface area contributed by atoms with E-state index in [9.17, 15) is 9.90 Å². The Morgan fingerprint density at radius 3 is 2.61 bits per heavy atom. The van der Waals surface area contributed by atoms with E-state index in [2.05, 4.69) is 46.3 Å². The van der Waals surface area contributed by atoms with Crippen LogP contribution in [0.5, 0.6) is 0 Å². The number of anilines is 1. The van der Waals surface area contributed by atoms with E-state index < -0.39 is 0 Å². The van der Waals surface area contributed by atoms with E-state index in [1.807, 2.05) is 0 Å². The van der Waals surface area contributed by atoms with Gasteiger partial charge < -0.3 is 20.6 Å². The van der Waals surface area contributed by atoms with Gasteiger partial charge in [0.1, 0.15) is 5.56 Å². The predicted molar refractivity (Wildman–Crippen MR) is 124 cm³/mol. The number of aromatic nitrogens is 2. The number of piperidine rings is 1. The lowest BCUT2D eigenvalue weighted by Crippen LogP contribution is -2.46. The molecule has 1 aliphatic heterocycles. The number of aliphatic hydroxyl groups excluding tert-OH is 1. The van der Waals surface area contributed by atoms with Gasteiger partial charge in [-0.2, -0.15) is 4.98 Å². The predicted octanol–water partition coefficient (Wildman–Crippen LogP) is 3.30. The highest BCUT2D eigenvalue weighted by atomic mass is 16.3. The van der Waals surface area contributed by atoms with Gasteiger partial charge in [-0.15, -0.1) is 0 Å². The largest absolute Gasteiger partial charge is 0.393 e. The van der Waals surface area contributed by atoms with Gasteiger partial charge >= 0.3 is 0 Å². The molecule has 2 fully saturated rings. The number of nitrogens with one attached hydrogen (secondary N) is 2. The van der Waals surface area contributed by atoms with Gasteiger partial charge in [-0.1, -0.05) is 13.3 Å². The molecule has 0 unspecified atom stereocenters. The van der Waals surface area contributed by atoms with E-state index in [-0.39, 0.29) is 18.1 Å². The van der Waals surface area contributed by atoms with Crippen LogP contribution in [0.2, 0.25) is 0 Å². The zero-order valence-electron chi connectivity index (χ0n) is 19.2. The maximum atomic E-state index is 13.1. The van der Waals surface area contributed by atoms with Crippen LogP contribution in [-0.2, 0) is 0 Å². The lowest BCUT2D eigenvalue weighted by atomic mass is 9.96.